The number of rotatable bonds is 3. The topological polar surface area (TPSA) is 43.4 Å². The zero-order valence-corrected chi connectivity index (χ0v) is 10.1. The average Bonchev–Trinajstić information content (AvgIpc) is 2.34. The van der Waals surface area contributed by atoms with E-state index in [0.29, 0.717) is 6.54 Å². The van der Waals surface area contributed by atoms with E-state index < -0.39 is 5.97 Å². The third-order valence-corrected chi connectivity index (χ3v) is 1.83. The molecule has 0 radical (unpaired) electrons. The molecule has 1 saturated heterocycles. The maximum Gasteiger partial charge on any atom is 1.00 e. The van der Waals surface area contributed by atoms with E-state index in [4.69, 9.17) is 0 Å². The zero-order valence-electron chi connectivity index (χ0n) is 7.01. The van der Waals surface area contributed by atoms with Crippen LogP contribution in [0.5, 0.6) is 0 Å². The van der Waals surface area contributed by atoms with Gasteiger partial charge in [0.2, 0.25) is 0 Å². The van der Waals surface area contributed by atoms with Crippen molar-refractivity contribution < 1.29 is 61.3 Å². The van der Waals surface area contributed by atoms with E-state index >= 15 is 0 Å². The fourth-order valence-electron chi connectivity index (χ4n) is 1.26. The number of hydrogen-bond donors (Lipinski definition) is 0. The molecule has 1 aliphatic rings. The standard InChI is InChI=1S/C7H13NO2.K/c9-7(10)3-6-8-4-1-2-5-8;/h1-6H2,(H,9,10);/q;+1/p-1. The summed E-state index contributed by atoms with van der Waals surface area (Å²) in [4.78, 5) is 12.2. The molecule has 11 heavy (non-hydrogen) atoms. The van der Waals surface area contributed by atoms with Gasteiger partial charge in [0.15, 0.2) is 0 Å². The Bertz CT molecular complexity index is 124. The molecular formula is C7H12KNO2. The van der Waals surface area contributed by atoms with Crippen LogP contribution in [0.15, 0.2) is 0 Å². The van der Waals surface area contributed by atoms with Gasteiger partial charge in [0, 0.05) is 12.5 Å². The Morgan fingerprint density at radius 3 is 2.36 bits per heavy atom. The van der Waals surface area contributed by atoms with Crippen LogP contribution in [0.3, 0.4) is 0 Å². The van der Waals surface area contributed by atoms with Crippen LogP contribution >= 0.6 is 0 Å². The number of carbonyl (C=O) groups excluding carboxylic acids is 1. The van der Waals surface area contributed by atoms with E-state index in [1.807, 2.05) is 0 Å². The summed E-state index contributed by atoms with van der Waals surface area (Å²) in [5, 5.41) is 10.0. The first-order valence-corrected chi connectivity index (χ1v) is 3.71. The summed E-state index contributed by atoms with van der Waals surface area (Å²) in [6.07, 6.45) is 2.61. The largest absolute Gasteiger partial charge is 1.00 e. The number of carbonyl (C=O) groups is 1. The zero-order chi connectivity index (χ0) is 7.40. The van der Waals surface area contributed by atoms with Gasteiger partial charge in [0.1, 0.15) is 0 Å². The maximum absolute atomic E-state index is 10.0. The molecule has 0 amide bonds. The second-order valence-electron chi connectivity index (χ2n) is 2.67. The van der Waals surface area contributed by atoms with Crippen LogP contribution in [0.1, 0.15) is 19.3 Å². The molecule has 3 nitrogen and oxygen atoms in total. The molecule has 1 rings (SSSR count). The van der Waals surface area contributed by atoms with Gasteiger partial charge in [-0.1, -0.05) is 0 Å². The van der Waals surface area contributed by atoms with Crippen molar-refractivity contribution >= 4 is 5.97 Å². The summed E-state index contributed by atoms with van der Waals surface area (Å²) in [5.41, 5.74) is 0. The van der Waals surface area contributed by atoms with Crippen molar-refractivity contribution in [3.8, 4) is 0 Å². The third-order valence-electron chi connectivity index (χ3n) is 1.83. The second-order valence-corrected chi connectivity index (χ2v) is 2.67. The first-order valence-electron chi connectivity index (χ1n) is 3.71. The predicted molar refractivity (Wildman–Crippen MR) is 35.3 cm³/mol. The number of nitrogens with zero attached hydrogens (tertiary/aromatic N) is 1. The Balaban J connectivity index is 0.000001000. The van der Waals surface area contributed by atoms with Gasteiger partial charge < -0.3 is 14.8 Å². The molecule has 0 spiro atoms. The Morgan fingerprint density at radius 1 is 1.36 bits per heavy atom. The fraction of sp³-hybridized carbons (Fsp3) is 0.857. The Labute approximate surface area is 110 Å². The van der Waals surface area contributed by atoms with Gasteiger partial charge in [-0.15, -0.1) is 0 Å². The first-order chi connectivity index (χ1) is 4.79. The minimum absolute atomic E-state index is 0. The van der Waals surface area contributed by atoms with Crippen LogP contribution in [-0.2, 0) is 4.79 Å². The normalized spacial score (nSPS) is 17.8. The SMILES string of the molecule is O=C([O-])CCN1CCCC1.[K+]. The van der Waals surface area contributed by atoms with Gasteiger partial charge in [-0.3, -0.25) is 0 Å². The number of carboxylic acid groups (broad SMARTS) is 1. The van der Waals surface area contributed by atoms with Crippen molar-refractivity contribution in [1.82, 2.24) is 4.90 Å². The summed E-state index contributed by atoms with van der Waals surface area (Å²) >= 11 is 0. The Hall–Kier alpha value is 1.07. The minimum Gasteiger partial charge on any atom is -0.550 e. The van der Waals surface area contributed by atoms with Crippen molar-refractivity contribution in [1.29, 1.82) is 0 Å². The van der Waals surface area contributed by atoms with Crippen LogP contribution in [0.25, 0.3) is 0 Å². The molecule has 58 valence electrons. The molecule has 0 unspecified atom stereocenters. The molecule has 0 N–H and O–H groups in total. The summed E-state index contributed by atoms with van der Waals surface area (Å²) in [7, 11) is 0. The van der Waals surface area contributed by atoms with Crippen LogP contribution in [0, 0.1) is 0 Å². The number of aliphatic carboxylic acids is 1. The van der Waals surface area contributed by atoms with Crippen molar-refractivity contribution in [2.75, 3.05) is 19.6 Å². The molecule has 4 heteroatoms. The quantitative estimate of drug-likeness (QED) is 0.420. The molecule has 0 saturated carbocycles. The van der Waals surface area contributed by atoms with Gasteiger partial charge in [0.05, 0.1) is 0 Å². The van der Waals surface area contributed by atoms with E-state index in [1.165, 1.54) is 12.8 Å². The fourth-order valence-corrected chi connectivity index (χ4v) is 1.26. The molecular weight excluding hydrogens is 169 g/mol. The van der Waals surface area contributed by atoms with Gasteiger partial charge >= 0.3 is 51.4 Å². The van der Waals surface area contributed by atoms with Crippen molar-refractivity contribution in [3.05, 3.63) is 0 Å². The Morgan fingerprint density at radius 2 is 1.91 bits per heavy atom. The smallest absolute Gasteiger partial charge is 0.550 e. The number of carboxylic acids is 1. The summed E-state index contributed by atoms with van der Waals surface area (Å²) in [6, 6.07) is 0. The van der Waals surface area contributed by atoms with Crippen LogP contribution in [-0.4, -0.2) is 30.5 Å². The first kappa shape index (κ1) is 12.1. The van der Waals surface area contributed by atoms with E-state index in [1.54, 1.807) is 0 Å². The van der Waals surface area contributed by atoms with Gasteiger partial charge in [-0.2, -0.15) is 0 Å². The average molecular weight is 181 g/mol. The molecule has 0 atom stereocenters. The molecule has 0 aromatic rings. The van der Waals surface area contributed by atoms with Crippen molar-refractivity contribution in [3.63, 3.8) is 0 Å². The second kappa shape index (κ2) is 6.57. The number of hydrogen-bond acceptors (Lipinski definition) is 3. The predicted octanol–water partition coefficient (Wildman–Crippen LogP) is -3.77. The van der Waals surface area contributed by atoms with Crippen molar-refractivity contribution in [2.24, 2.45) is 0 Å². The molecule has 1 fully saturated rings. The molecule has 0 bridgehead atoms. The van der Waals surface area contributed by atoms with Crippen LogP contribution < -0.4 is 56.5 Å². The summed E-state index contributed by atoms with van der Waals surface area (Å²) < 4.78 is 0. The maximum atomic E-state index is 10.0. The molecule has 0 aromatic carbocycles. The van der Waals surface area contributed by atoms with Crippen molar-refractivity contribution in [2.45, 2.75) is 19.3 Å². The van der Waals surface area contributed by atoms with E-state index in [0.717, 1.165) is 13.1 Å². The van der Waals surface area contributed by atoms with E-state index in [2.05, 4.69) is 4.90 Å². The Kier molecular flexibility index (Phi) is 7.20. The third kappa shape index (κ3) is 5.33. The van der Waals surface area contributed by atoms with Crippen LogP contribution in [0.2, 0.25) is 0 Å². The summed E-state index contributed by atoms with van der Waals surface area (Å²) in [5.74, 6) is -0.938. The molecule has 1 aliphatic heterocycles. The van der Waals surface area contributed by atoms with Crippen LogP contribution in [0.4, 0.5) is 0 Å². The molecule has 0 aliphatic carbocycles. The van der Waals surface area contributed by atoms with Gasteiger partial charge in [0.25, 0.3) is 0 Å². The van der Waals surface area contributed by atoms with Gasteiger partial charge in [-0.05, 0) is 32.4 Å². The van der Waals surface area contributed by atoms with E-state index in [-0.39, 0.29) is 57.8 Å². The molecule has 1 heterocycles. The minimum atomic E-state index is -0.938. The van der Waals surface area contributed by atoms with E-state index in [9.17, 15) is 9.90 Å². The number of likely N-dealkylation sites (tertiary alicyclic amines) is 1. The monoisotopic (exact) mass is 181 g/mol. The van der Waals surface area contributed by atoms with Gasteiger partial charge in [-0.25, -0.2) is 0 Å². The summed E-state index contributed by atoms with van der Waals surface area (Å²) in [6.45, 7) is 2.79. The molecule has 0 aromatic heterocycles.